The number of nitrogens with zero attached hydrogens (tertiary/aromatic N) is 1. The highest BCUT2D eigenvalue weighted by Gasteiger charge is 2.07. The second kappa shape index (κ2) is 9.89. The van der Waals surface area contributed by atoms with Crippen LogP contribution in [0.15, 0.2) is 62.8 Å². The van der Waals surface area contributed by atoms with Crippen LogP contribution in [0.2, 0.25) is 0 Å². The first kappa shape index (κ1) is 19.9. The van der Waals surface area contributed by atoms with E-state index in [1.165, 1.54) is 4.90 Å². The number of rotatable bonds is 6. The number of benzene rings is 2. The normalized spacial score (nSPS) is 10.4. The Morgan fingerprint density at radius 2 is 1.60 bits per heavy atom. The molecule has 0 saturated carbocycles. The molecule has 0 heterocycles. The zero-order valence-electron chi connectivity index (χ0n) is 14.0. The van der Waals surface area contributed by atoms with E-state index in [4.69, 9.17) is 0 Å². The summed E-state index contributed by atoms with van der Waals surface area (Å²) in [6.45, 7) is 0. The van der Waals surface area contributed by atoms with Crippen LogP contribution < -0.4 is 5.32 Å². The summed E-state index contributed by atoms with van der Waals surface area (Å²) in [6, 6.07) is 15.3. The van der Waals surface area contributed by atoms with Crippen LogP contribution in [0.3, 0.4) is 0 Å². The van der Waals surface area contributed by atoms with E-state index in [0.29, 0.717) is 6.42 Å². The molecule has 25 heavy (non-hydrogen) atoms. The van der Waals surface area contributed by atoms with E-state index in [0.717, 1.165) is 37.5 Å². The second-order valence-corrected chi connectivity index (χ2v) is 8.50. The number of hydrogen-bond donors (Lipinski definition) is 1. The van der Waals surface area contributed by atoms with E-state index in [1.54, 1.807) is 25.9 Å². The maximum absolute atomic E-state index is 12.0. The molecule has 0 fully saturated rings. The molecule has 0 aliphatic rings. The average Bonchev–Trinajstić information content (AvgIpc) is 2.58. The van der Waals surface area contributed by atoms with Gasteiger partial charge in [0.25, 0.3) is 5.24 Å². The lowest BCUT2D eigenvalue weighted by Crippen LogP contribution is -2.16. The van der Waals surface area contributed by atoms with Crippen molar-refractivity contribution in [2.24, 2.45) is 0 Å². The largest absolute Gasteiger partial charge is 0.339 e. The minimum absolute atomic E-state index is 0.0191. The van der Waals surface area contributed by atoms with E-state index in [-0.39, 0.29) is 11.1 Å². The zero-order valence-corrected chi connectivity index (χ0v) is 17.2. The molecule has 0 atom stereocenters. The fourth-order valence-corrected chi connectivity index (χ4v) is 3.59. The summed E-state index contributed by atoms with van der Waals surface area (Å²) in [6.07, 6.45) is 0.441. The molecule has 0 aliphatic heterocycles. The van der Waals surface area contributed by atoms with Gasteiger partial charge in [0.05, 0.1) is 0 Å². The molecule has 4 nitrogen and oxygen atoms in total. The van der Waals surface area contributed by atoms with Crippen molar-refractivity contribution < 1.29 is 9.59 Å². The van der Waals surface area contributed by atoms with Crippen molar-refractivity contribution in [3.05, 3.63) is 53.0 Å². The summed E-state index contributed by atoms with van der Waals surface area (Å²) >= 11 is 6.22. The minimum atomic E-state index is -0.0262. The van der Waals surface area contributed by atoms with Crippen LogP contribution in [0.4, 0.5) is 10.5 Å². The van der Waals surface area contributed by atoms with Gasteiger partial charge < -0.3 is 10.2 Å². The Morgan fingerprint density at radius 3 is 2.20 bits per heavy atom. The first-order chi connectivity index (χ1) is 11.9. The molecule has 0 aromatic heterocycles. The smallest absolute Gasteiger partial charge is 0.285 e. The van der Waals surface area contributed by atoms with Gasteiger partial charge in [0.1, 0.15) is 0 Å². The summed E-state index contributed by atoms with van der Waals surface area (Å²) in [4.78, 5) is 27.2. The predicted molar refractivity (Wildman–Crippen MR) is 109 cm³/mol. The first-order valence-electron chi connectivity index (χ1n) is 7.61. The number of amides is 2. The maximum atomic E-state index is 12.0. The van der Waals surface area contributed by atoms with Gasteiger partial charge in [0.15, 0.2) is 0 Å². The number of halogens is 1. The topological polar surface area (TPSA) is 49.4 Å². The molecule has 2 amide bonds. The molecule has 0 radical (unpaired) electrons. The van der Waals surface area contributed by atoms with Crippen LogP contribution in [-0.4, -0.2) is 35.9 Å². The Balaban J connectivity index is 1.76. The third-order valence-electron chi connectivity index (χ3n) is 3.12. The van der Waals surface area contributed by atoms with Gasteiger partial charge in [-0.3, -0.25) is 9.59 Å². The van der Waals surface area contributed by atoms with Gasteiger partial charge in [-0.2, -0.15) is 0 Å². The molecule has 2 rings (SSSR count). The van der Waals surface area contributed by atoms with Crippen LogP contribution in [-0.2, 0) is 4.79 Å². The monoisotopic (exact) mass is 438 g/mol. The van der Waals surface area contributed by atoms with Crippen molar-refractivity contribution in [3.8, 4) is 0 Å². The van der Waals surface area contributed by atoms with Gasteiger partial charge in [-0.25, -0.2) is 0 Å². The van der Waals surface area contributed by atoms with Crippen LogP contribution in [0.1, 0.15) is 6.42 Å². The third kappa shape index (κ3) is 7.13. The maximum Gasteiger partial charge on any atom is 0.285 e. The molecule has 1 N–H and O–H groups in total. The number of hydrogen-bond acceptors (Lipinski definition) is 4. The Kier molecular flexibility index (Phi) is 7.87. The molecule has 0 spiro atoms. The predicted octanol–water partition coefficient (Wildman–Crippen LogP) is 5.34. The van der Waals surface area contributed by atoms with Gasteiger partial charge in [-0.15, -0.1) is 11.8 Å². The highest BCUT2D eigenvalue weighted by molar-refractivity contribution is 9.10. The average molecular weight is 439 g/mol. The molecule has 2 aromatic carbocycles. The number of carbonyl (C=O) groups excluding carboxylic acids is 2. The lowest BCUT2D eigenvalue weighted by atomic mass is 10.3. The highest BCUT2D eigenvalue weighted by Crippen LogP contribution is 2.23. The van der Waals surface area contributed by atoms with Crippen LogP contribution in [0.25, 0.3) is 0 Å². The van der Waals surface area contributed by atoms with Crippen LogP contribution in [0, 0.1) is 0 Å². The van der Waals surface area contributed by atoms with Gasteiger partial charge in [-0.05, 0) is 60.3 Å². The second-order valence-electron chi connectivity index (χ2n) is 5.39. The van der Waals surface area contributed by atoms with Crippen molar-refractivity contribution in [2.45, 2.75) is 16.2 Å². The molecule has 0 bridgehead atoms. The van der Waals surface area contributed by atoms with Crippen molar-refractivity contribution >= 4 is 56.3 Å². The molecular formula is C18H19BrN2O2S2. The lowest BCUT2D eigenvalue weighted by Gasteiger charge is -2.10. The molecule has 2 aromatic rings. The van der Waals surface area contributed by atoms with E-state index in [9.17, 15) is 9.59 Å². The van der Waals surface area contributed by atoms with Crippen molar-refractivity contribution in [1.82, 2.24) is 4.90 Å². The van der Waals surface area contributed by atoms with Crippen LogP contribution in [0.5, 0.6) is 0 Å². The van der Waals surface area contributed by atoms with E-state index in [2.05, 4.69) is 21.2 Å². The van der Waals surface area contributed by atoms with Crippen molar-refractivity contribution in [1.29, 1.82) is 0 Å². The van der Waals surface area contributed by atoms with Crippen molar-refractivity contribution in [2.75, 3.05) is 25.2 Å². The summed E-state index contributed by atoms with van der Waals surface area (Å²) in [5.41, 5.74) is 0.736. The SMILES string of the molecule is CN(C)C(=O)Sc1ccc(NC(=O)CCSc2ccc(Br)cc2)cc1. The molecular weight excluding hydrogens is 420 g/mol. The number of carbonyl (C=O) groups is 2. The number of nitrogens with one attached hydrogen (secondary N) is 1. The Bertz CT molecular complexity index is 719. The third-order valence-corrected chi connectivity index (χ3v) is 5.71. The molecule has 0 saturated heterocycles. The Hall–Kier alpha value is -1.44. The lowest BCUT2D eigenvalue weighted by molar-refractivity contribution is -0.115. The molecule has 7 heteroatoms. The number of anilines is 1. The van der Waals surface area contributed by atoms with Gasteiger partial charge in [-0.1, -0.05) is 15.9 Å². The summed E-state index contributed by atoms with van der Waals surface area (Å²) in [5, 5.41) is 2.85. The van der Waals surface area contributed by atoms with E-state index in [1.807, 2.05) is 48.5 Å². The van der Waals surface area contributed by atoms with Gasteiger partial charge in [0.2, 0.25) is 5.91 Å². The fraction of sp³-hybridized carbons (Fsp3) is 0.222. The first-order valence-corrected chi connectivity index (χ1v) is 10.2. The van der Waals surface area contributed by atoms with Crippen molar-refractivity contribution in [3.63, 3.8) is 0 Å². The molecule has 132 valence electrons. The molecule has 0 unspecified atom stereocenters. The molecule has 0 aliphatic carbocycles. The summed E-state index contributed by atoms with van der Waals surface area (Å²) in [7, 11) is 3.44. The quantitative estimate of drug-likeness (QED) is 0.617. The standard InChI is InChI=1S/C18H19BrN2O2S2/c1-21(2)18(23)25-16-9-5-14(6-10-16)20-17(22)11-12-24-15-7-3-13(19)4-8-15/h3-10H,11-12H2,1-2H3,(H,20,22). The minimum Gasteiger partial charge on any atom is -0.339 e. The van der Waals surface area contributed by atoms with E-state index < -0.39 is 0 Å². The Labute approximate surface area is 164 Å². The van der Waals surface area contributed by atoms with Gasteiger partial charge in [0, 0.05) is 46.2 Å². The van der Waals surface area contributed by atoms with E-state index >= 15 is 0 Å². The summed E-state index contributed by atoms with van der Waals surface area (Å²) < 4.78 is 1.04. The summed E-state index contributed by atoms with van der Waals surface area (Å²) in [5.74, 6) is 0.702. The highest BCUT2D eigenvalue weighted by atomic mass is 79.9. The van der Waals surface area contributed by atoms with Crippen LogP contribution >= 0.6 is 39.5 Å². The Morgan fingerprint density at radius 1 is 1.00 bits per heavy atom. The van der Waals surface area contributed by atoms with Gasteiger partial charge >= 0.3 is 0 Å². The number of thioether (sulfide) groups is 2. The zero-order chi connectivity index (χ0) is 18.2. The fourth-order valence-electron chi connectivity index (χ4n) is 1.81.